The molecule has 28 heavy (non-hydrogen) atoms. The molecule has 0 bridgehead atoms. The third-order valence-electron chi connectivity index (χ3n) is 4.42. The minimum Gasteiger partial charge on any atom is -0.458 e. The van der Waals surface area contributed by atoms with Gasteiger partial charge >= 0.3 is 12.1 Å². The molecule has 1 fully saturated rings. The van der Waals surface area contributed by atoms with Crippen molar-refractivity contribution in [3.8, 4) is 0 Å². The number of carbonyl (C=O) groups is 2. The maximum atomic E-state index is 12.8. The predicted molar refractivity (Wildman–Crippen MR) is 110 cm³/mol. The predicted octanol–water partition coefficient (Wildman–Crippen LogP) is 4.09. The number of hydrogen-bond donors (Lipinski definition) is 0. The monoisotopic (exact) mass is 390 g/mol. The lowest BCUT2D eigenvalue weighted by atomic mass is 10.0. The van der Waals surface area contributed by atoms with E-state index in [1.54, 1.807) is 0 Å². The second kappa shape index (κ2) is 8.41. The third kappa shape index (κ3) is 6.43. The molecule has 1 aliphatic rings. The van der Waals surface area contributed by atoms with Crippen molar-refractivity contribution in [3.05, 3.63) is 30.3 Å². The Hall–Kier alpha value is -2.24. The van der Waals surface area contributed by atoms with Crippen LogP contribution in [0.4, 0.5) is 10.5 Å². The summed E-state index contributed by atoms with van der Waals surface area (Å²) in [6, 6.07) is 9.45. The van der Waals surface area contributed by atoms with Crippen LogP contribution in [0.15, 0.2) is 30.3 Å². The fourth-order valence-corrected chi connectivity index (χ4v) is 3.35. The van der Waals surface area contributed by atoms with E-state index in [2.05, 4.69) is 4.90 Å². The molecule has 0 saturated carbocycles. The van der Waals surface area contributed by atoms with E-state index in [0.29, 0.717) is 13.0 Å². The van der Waals surface area contributed by atoms with E-state index >= 15 is 0 Å². The molecule has 0 aromatic heterocycles. The van der Waals surface area contributed by atoms with Crippen LogP contribution in [0, 0.1) is 5.92 Å². The highest BCUT2D eigenvalue weighted by atomic mass is 16.6. The maximum Gasteiger partial charge on any atom is 0.411 e. The molecule has 1 aromatic carbocycles. The number of hydrogen-bond acceptors (Lipinski definition) is 5. The van der Waals surface area contributed by atoms with Crippen LogP contribution in [-0.4, -0.2) is 54.3 Å². The van der Waals surface area contributed by atoms with Crippen molar-refractivity contribution in [3.63, 3.8) is 0 Å². The van der Waals surface area contributed by atoms with Gasteiger partial charge in [0.05, 0.1) is 0 Å². The molecule has 2 rings (SSSR count). The van der Waals surface area contributed by atoms with Gasteiger partial charge < -0.3 is 14.4 Å². The Labute approximate surface area is 168 Å². The number of nitrogens with zero attached hydrogens (tertiary/aromatic N) is 2. The molecule has 0 unspecified atom stereocenters. The summed E-state index contributed by atoms with van der Waals surface area (Å²) in [4.78, 5) is 29.2. The number of amides is 1. The van der Waals surface area contributed by atoms with Gasteiger partial charge in [-0.3, -0.25) is 4.90 Å². The highest BCUT2D eigenvalue weighted by Gasteiger charge is 2.43. The molecule has 156 valence electrons. The molecule has 0 N–H and O–H groups in total. The zero-order chi connectivity index (χ0) is 21.1. The zero-order valence-corrected chi connectivity index (χ0v) is 18.2. The largest absolute Gasteiger partial charge is 0.458 e. The zero-order valence-electron chi connectivity index (χ0n) is 18.2. The van der Waals surface area contributed by atoms with Crippen molar-refractivity contribution in [2.24, 2.45) is 5.92 Å². The average molecular weight is 391 g/mol. The first-order chi connectivity index (χ1) is 12.9. The van der Waals surface area contributed by atoms with Gasteiger partial charge in [-0.05, 0) is 66.0 Å². The first-order valence-electron chi connectivity index (χ1n) is 9.84. The van der Waals surface area contributed by atoms with Crippen LogP contribution in [-0.2, 0) is 14.3 Å². The van der Waals surface area contributed by atoms with E-state index in [9.17, 15) is 9.59 Å². The third-order valence-corrected chi connectivity index (χ3v) is 4.42. The summed E-state index contributed by atoms with van der Waals surface area (Å²) in [5.41, 5.74) is -0.114. The van der Waals surface area contributed by atoms with E-state index in [1.807, 2.05) is 78.9 Å². The van der Waals surface area contributed by atoms with Gasteiger partial charge in [0, 0.05) is 25.8 Å². The number of esters is 1. The Morgan fingerprint density at radius 3 is 2.14 bits per heavy atom. The Morgan fingerprint density at radius 1 is 1.04 bits per heavy atom. The molecule has 2 atom stereocenters. The summed E-state index contributed by atoms with van der Waals surface area (Å²) < 4.78 is 11.1. The number of anilines is 1. The Kier molecular flexibility index (Phi) is 6.63. The fraction of sp³-hybridized carbons (Fsp3) is 0.636. The first kappa shape index (κ1) is 22.1. The van der Waals surface area contributed by atoms with Crippen LogP contribution >= 0.6 is 0 Å². The molecule has 0 aliphatic carbocycles. The SMILES string of the molecule is CN(C[C@H]1C[C@@H](C(=O)OC(C)(C)C)N(C(=O)OC(C)(C)C)C1)c1ccccc1. The van der Waals surface area contributed by atoms with Crippen LogP contribution in [0.1, 0.15) is 48.0 Å². The molecular weight excluding hydrogens is 356 g/mol. The lowest BCUT2D eigenvalue weighted by Crippen LogP contribution is -2.45. The van der Waals surface area contributed by atoms with Gasteiger partial charge in [-0.25, -0.2) is 9.59 Å². The highest BCUT2D eigenvalue weighted by molar-refractivity contribution is 5.82. The standard InChI is InChI=1S/C22H34N2O4/c1-21(2,3)27-19(25)18-13-16(14-23(7)17-11-9-8-10-12-17)15-24(18)20(26)28-22(4,5)6/h8-12,16,18H,13-15H2,1-7H3/t16-,18+/m1/s1. The number of benzene rings is 1. The molecule has 1 saturated heterocycles. The van der Waals surface area contributed by atoms with Crippen molar-refractivity contribution >= 4 is 17.7 Å². The van der Waals surface area contributed by atoms with Crippen molar-refractivity contribution < 1.29 is 19.1 Å². The molecular formula is C22H34N2O4. The molecule has 0 radical (unpaired) electrons. The van der Waals surface area contributed by atoms with Crippen LogP contribution < -0.4 is 4.90 Å². The van der Waals surface area contributed by atoms with Crippen molar-refractivity contribution in [2.75, 3.05) is 25.0 Å². The summed E-state index contributed by atoms with van der Waals surface area (Å²) in [5.74, 6) is -0.224. The highest BCUT2D eigenvalue weighted by Crippen LogP contribution is 2.29. The van der Waals surface area contributed by atoms with E-state index in [1.165, 1.54) is 4.90 Å². The normalized spacial score (nSPS) is 20.0. The van der Waals surface area contributed by atoms with Gasteiger partial charge in [0.2, 0.25) is 0 Å². The average Bonchev–Trinajstić information content (AvgIpc) is 2.97. The lowest BCUT2D eigenvalue weighted by Gasteiger charge is -2.29. The summed E-state index contributed by atoms with van der Waals surface area (Å²) in [7, 11) is 2.02. The van der Waals surface area contributed by atoms with Crippen LogP contribution in [0.3, 0.4) is 0 Å². The number of para-hydroxylation sites is 1. The Bertz CT molecular complexity index is 640. The number of rotatable bonds is 4. The van der Waals surface area contributed by atoms with E-state index in [-0.39, 0.29) is 11.9 Å². The van der Waals surface area contributed by atoms with Crippen molar-refractivity contribution in [1.82, 2.24) is 4.90 Å². The Balaban J connectivity index is 2.13. The molecule has 6 heteroatoms. The molecule has 1 aliphatic heterocycles. The van der Waals surface area contributed by atoms with Crippen LogP contribution in [0.2, 0.25) is 0 Å². The van der Waals surface area contributed by atoms with Gasteiger partial charge in [-0.2, -0.15) is 0 Å². The Morgan fingerprint density at radius 2 is 1.61 bits per heavy atom. The smallest absolute Gasteiger partial charge is 0.411 e. The van der Waals surface area contributed by atoms with Gasteiger partial charge in [-0.15, -0.1) is 0 Å². The van der Waals surface area contributed by atoms with Crippen LogP contribution in [0.25, 0.3) is 0 Å². The summed E-state index contributed by atoms with van der Waals surface area (Å²) >= 11 is 0. The minimum absolute atomic E-state index is 0.148. The quantitative estimate of drug-likeness (QED) is 0.725. The molecule has 1 aromatic rings. The minimum atomic E-state index is -0.622. The lowest BCUT2D eigenvalue weighted by molar-refractivity contribution is -0.160. The summed E-state index contributed by atoms with van der Waals surface area (Å²) in [5, 5.41) is 0. The van der Waals surface area contributed by atoms with Crippen molar-refractivity contribution in [1.29, 1.82) is 0 Å². The first-order valence-corrected chi connectivity index (χ1v) is 9.84. The number of carbonyl (C=O) groups excluding carboxylic acids is 2. The topological polar surface area (TPSA) is 59.1 Å². The maximum absolute atomic E-state index is 12.8. The van der Waals surface area contributed by atoms with Crippen molar-refractivity contribution in [2.45, 2.75) is 65.2 Å². The van der Waals surface area contributed by atoms with E-state index in [0.717, 1.165) is 12.2 Å². The second-order valence-electron chi connectivity index (χ2n) is 9.50. The molecule has 6 nitrogen and oxygen atoms in total. The fourth-order valence-electron chi connectivity index (χ4n) is 3.35. The van der Waals surface area contributed by atoms with E-state index in [4.69, 9.17) is 9.47 Å². The molecule has 1 amide bonds. The molecule has 1 heterocycles. The summed E-state index contributed by atoms with van der Waals surface area (Å²) in [6.45, 7) is 12.2. The molecule has 0 spiro atoms. The van der Waals surface area contributed by atoms with E-state index < -0.39 is 23.3 Å². The van der Waals surface area contributed by atoms with Gasteiger partial charge in [0.15, 0.2) is 0 Å². The second-order valence-corrected chi connectivity index (χ2v) is 9.50. The van der Waals surface area contributed by atoms with Gasteiger partial charge in [0.25, 0.3) is 0 Å². The summed E-state index contributed by atoms with van der Waals surface area (Å²) in [6.07, 6.45) is 0.0962. The van der Waals surface area contributed by atoms with Gasteiger partial charge in [0.1, 0.15) is 17.2 Å². The van der Waals surface area contributed by atoms with Gasteiger partial charge in [-0.1, -0.05) is 18.2 Å². The number of likely N-dealkylation sites (tertiary alicyclic amines) is 1. The number of ether oxygens (including phenoxy) is 2. The van der Waals surface area contributed by atoms with Crippen LogP contribution in [0.5, 0.6) is 0 Å².